The van der Waals surface area contributed by atoms with Crippen molar-refractivity contribution in [3.8, 4) is 0 Å². The first kappa shape index (κ1) is 20.2. The normalized spacial score (nSPS) is 23.1. The fourth-order valence-corrected chi connectivity index (χ4v) is 4.46. The number of rotatable bonds is 3. The molecule has 30 heavy (non-hydrogen) atoms. The maximum absolute atomic E-state index is 13.6. The first-order valence-electron chi connectivity index (χ1n) is 10.5. The summed E-state index contributed by atoms with van der Waals surface area (Å²) >= 11 is 0. The number of esters is 1. The van der Waals surface area contributed by atoms with Crippen molar-refractivity contribution in [3.63, 3.8) is 0 Å². The number of methoxy groups -OCH3 is 1. The Morgan fingerprint density at radius 3 is 2.37 bits per heavy atom. The smallest absolute Gasteiger partial charge is 0.316 e. The van der Waals surface area contributed by atoms with Gasteiger partial charge in [0.1, 0.15) is 5.92 Å². The number of nitrogens with one attached hydrogen (secondary N) is 2. The van der Waals surface area contributed by atoms with Crippen molar-refractivity contribution in [1.82, 2.24) is 0 Å². The summed E-state index contributed by atoms with van der Waals surface area (Å²) in [6.07, 6.45) is 0.609. The van der Waals surface area contributed by atoms with Crippen molar-refractivity contribution in [2.24, 2.45) is 11.8 Å². The zero-order valence-corrected chi connectivity index (χ0v) is 17.9. The van der Waals surface area contributed by atoms with Crippen LogP contribution in [0.1, 0.15) is 50.3 Å². The SMILES string of the molecule is COC(=O)[C@H]1C(=O)C2=C(C[C@H]1C)Nc1ccccc1N[C@@H]2c1ccc(C(C)C)cc1. The monoisotopic (exact) mass is 404 g/mol. The van der Waals surface area contributed by atoms with E-state index in [1.165, 1.54) is 12.7 Å². The molecule has 2 aliphatic rings. The lowest BCUT2D eigenvalue weighted by Gasteiger charge is -2.32. The summed E-state index contributed by atoms with van der Waals surface area (Å²) in [5.41, 5.74) is 5.61. The number of hydrogen-bond donors (Lipinski definition) is 2. The first-order chi connectivity index (χ1) is 14.4. The highest BCUT2D eigenvalue weighted by atomic mass is 16.5. The van der Waals surface area contributed by atoms with Gasteiger partial charge >= 0.3 is 5.97 Å². The zero-order valence-electron chi connectivity index (χ0n) is 17.9. The molecule has 156 valence electrons. The molecular formula is C25H28N2O3. The van der Waals surface area contributed by atoms with Crippen LogP contribution in [0.5, 0.6) is 0 Å². The van der Waals surface area contributed by atoms with E-state index in [4.69, 9.17) is 4.74 Å². The second-order valence-electron chi connectivity index (χ2n) is 8.51. The van der Waals surface area contributed by atoms with Crippen molar-refractivity contribution >= 4 is 23.1 Å². The van der Waals surface area contributed by atoms with Crippen LogP contribution in [0.2, 0.25) is 0 Å². The third-order valence-electron chi connectivity index (χ3n) is 6.16. The van der Waals surface area contributed by atoms with Crippen molar-refractivity contribution < 1.29 is 14.3 Å². The average Bonchev–Trinajstić information content (AvgIpc) is 2.90. The predicted molar refractivity (Wildman–Crippen MR) is 118 cm³/mol. The van der Waals surface area contributed by atoms with E-state index >= 15 is 0 Å². The van der Waals surface area contributed by atoms with Crippen molar-refractivity contribution in [2.45, 2.75) is 39.2 Å². The standard InChI is InChI=1S/C25H28N2O3/c1-14(2)16-9-11-17(12-10-16)23-22-20(26-18-7-5-6-8-19(18)27-23)13-15(3)21(24(22)28)25(29)30-4/h5-12,14-15,21,23,26-27H,13H2,1-4H3/t15-,21-,23-/m1/s1. The highest BCUT2D eigenvalue weighted by Crippen LogP contribution is 2.43. The lowest BCUT2D eigenvalue weighted by atomic mass is 9.74. The third-order valence-corrected chi connectivity index (χ3v) is 6.16. The number of ether oxygens (including phenoxy) is 1. The highest BCUT2D eigenvalue weighted by molar-refractivity contribution is 6.11. The van der Waals surface area contributed by atoms with Crippen LogP contribution in [0.4, 0.5) is 11.4 Å². The summed E-state index contributed by atoms with van der Waals surface area (Å²) < 4.78 is 4.96. The molecule has 0 aromatic heterocycles. The number of benzene rings is 2. The zero-order chi connectivity index (χ0) is 21.4. The van der Waals surface area contributed by atoms with Gasteiger partial charge in [-0.2, -0.15) is 0 Å². The summed E-state index contributed by atoms with van der Waals surface area (Å²) in [7, 11) is 1.34. The molecule has 0 unspecified atom stereocenters. The van der Waals surface area contributed by atoms with Crippen LogP contribution >= 0.6 is 0 Å². The van der Waals surface area contributed by atoms with E-state index in [0.717, 1.165) is 22.6 Å². The molecule has 4 rings (SSSR count). The Balaban J connectivity index is 1.84. The van der Waals surface area contributed by atoms with Crippen LogP contribution in [0.3, 0.4) is 0 Å². The fourth-order valence-electron chi connectivity index (χ4n) is 4.46. The quantitative estimate of drug-likeness (QED) is 0.554. The molecule has 1 aliphatic heterocycles. The van der Waals surface area contributed by atoms with Gasteiger partial charge in [-0.25, -0.2) is 0 Å². The number of para-hydroxylation sites is 2. The van der Waals surface area contributed by atoms with E-state index < -0.39 is 11.9 Å². The molecule has 0 fully saturated rings. The van der Waals surface area contributed by atoms with Gasteiger partial charge in [0.05, 0.1) is 24.5 Å². The number of allylic oxidation sites excluding steroid dienone is 1. The molecule has 0 radical (unpaired) electrons. The summed E-state index contributed by atoms with van der Waals surface area (Å²) in [5.74, 6) is -1.11. The second kappa shape index (κ2) is 7.98. The summed E-state index contributed by atoms with van der Waals surface area (Å²) in [4.78, 5) is 26.0. The molecule has 2 aromatic rings. The van der Waals surface area contributed by atoms with Crippen molar-refractivity contribution in [3.05, 3.63) is 70.9 Å². The second-order valence-corrected chi connectivity index (χ2v) is 8.51. The highest BCUT2D eigenvalue weighted by Gasteiger charge is 2.44. The fraction of sp³-hybridized carbons (Fsp3) is 0.360. The topological polar surface area (TPSA) is 67.4 Å². The van der Waals surface area contributed by atoms with Gasteiger partial charge in [0.15, 0.2) is 5.78 Å². The van der Waals surface area contributed by atoms with E-state index in [1.54, 1.807) is 0 Å². The Morgan fingerprint density at radius 2 is 1.73 bits per heavy atom. The van der Waals surface area contributed by atoms with Gasteiger partial charge in [-0.15, -0.1) is 0 Å². The summed E-state index contributed by atoms with van der Waals surface area (Å²) in [5, 5.41) is 7.03. The lowest BCUT2D eigenvalue weighted by molar-refractivity contribution is -0.151. The summed E-state index contributed by atoms with van der Waals surface area (Å²) in [6, 6.07) is 16.0. The minimum absolute atomic E-state index is 0.134. The van der Waals surface area contributed by atoms with Crippen LogP contribution < -0.4 is 10.6 Å². The first-order valence-corrected chi connectivity index (χ1v) is 10.5. The number of carbonyl (C=O) groups excluding carboxylic acids is 2. The van der Waals surface area contributed by atoms with Gasteiger partial charge in [-0.1, -0.05) is 57.2 Å². The van der Waals surface area contributed by atoms with Crippen LogP contribution in [0.15, 0.2) is 59.8 Å². The van der Waals surface area contributed by atoms with E-state index in [-0.39, 0.29) is 17.7 Å². The molecule has 0 spiro atoms. The summed E-state index contributed by atoms with van der Waals surface area (Å²) in [6.45, 7) is 6.25. The molecule has 0 bridgehead atoms. The van der Waals surface area contributed by atoms with Crippen LogP contribution in [-0.4, -0.2) is 18.9 Å². The Hall–Kier alpha value is -3.08. The average molecular weight is 405 g/mol. The molecular weight excluding hydrogens is 376 g/mol. The van der Waals surface area contributed by atoms with Gasteiger partial charge in [-0.05, 0) is 41.5 Å². The van der Waals surface area contributed by atoms with Gasteiger partial charge in [0.2, 0.25) is 0 Å². The van der Waals surface area contributed by atoms with Crippen molar-refractivity contribution in [2.75, 3.05) is 17.7 Å². The third kappa shape index (κ3) is 3.49. The Bertz CT molecular complexity index is 1010. The van der Waals surface area contributed by atoms with Crippen LogP contribution in [0, 0.1) is 11.8 Å². The molecule has 2 N–H and O–H groups in total. The molecule has 5 heteroatoms. The van der Waals surface area contributed by atoms with E-state index in [0.29, 0.717) is 17.9 Å². The largest absolute Gasteiger partial charge is 0.468 e. The number of anilines is 2. The number of ketones is 1. The van der Waals surface area contributed by atoms with Gasteiger partial charge in [-0.3, -0.25) is 9.59 Å². The molecule has 2 aromatic carbocycles. The minimum atomic E-state index is -0.781. The molecule has 1 heterocycles. The van der Waals surface area contributed by atoms with Crippen LogP contribution in [-0.2, 0) is 14.3 Å². The molecule has 0 amide bonds. The lowest BCUT2D eigenvalue weighted by Crippen LogP contribution is -2.39. The molecule has 0 saturated carbocycles. The Kier molecular flexibility index (Phi) is 5.37. The van der Waals surface area contributed by atoms with Gasteiger partial charge < -0.3 is 15.4 Å². The molecule has 1 aliphatic carbocycles. The Morgan fingerprint density at radius 1 is 1.07 bits per heavy atom. The predicted octanol–water partition coefficient (Wildman–Crippen LogP) is 5.04. The molecule has 0 saturated heterocycles. The number of hydrogen-bond acceptors (Lipinski definition) is 5. The van der Waals surface area contributed by atoms with Crippen molar-refractivity contribution in [1.29, 1.82) is 0 Å². The van der Waals surface area contributed by atoms with E-state index in [2.05, 4.69) is 48.7 Å². The maximum Gasteiger partial charge on any atom is 0.316 e. The maximum atomic E-state index is 13.6. The Labute approximate surface area is 177 Å². The number of fused-ring (bicyclic) bond motifs is 1. The molecule has 5 nitrogen and oxygen atoms in total. The minimum Gasteiger partial charge on any atom is -0.468 e. The molecule has 3 atom stereocenters. The number of carbonyl (C=O) groups is 2. The van der Waals surface area contributed by atoms with Crippen LogP contribution in [0.25, 0.3) is 0 Å². The van der Waals surface area contributed by atoms with E-state index in [9.17, 15) is 9.59 Å². The van der Waals surface area contributed by atoms with Gasteiger partial charge in [0.25, 0.3) is 0 Å². The van der Waals surface area contributed by atoms with Gasteiger partial charge in [0, 0.05) is 11.3 Å². The number of Topliss-reactive ketones (excluding diaryl/α,β-unsaturated/α-hetero) is 1. The van der Waals surface area contributed by atoms with E-state index in [1.807, 2.05) is 31.2 Å².